The molecule has 0 aromatic carbocycles. The molecule has 0 aliphatic carbocycles. The molecule has 0 bridgehead atoms. The number of hydrogen-bond acceptors (Lipinski definition) is 4. The third-order valence-corrected chi connectivity index (χ3v) is 4.11. The first-order valence-electron chi connectivity index (χ1n) is 10.3. The molecule has 0 aromatic rings. The maximum absolute atomic E-state index is 11.5. The van der Waals surface area contributed by atoms with Crippen molar-refractivity contribution < 1.29 is 19.1 Å². The number of amides is 1. The molecule has 1 amide bonds. The lowest BCUT2D eigenvalue weighted by Gasteiger charge is -2.19. The third kappa shape index (κ3) is 19.1. The predicted octanol–water partition coefficient (Wildman–Crippen LogP) is 5.61. The Labute approximate surface area is 160 Å². The van der Waals surface area contributed by atoms with Crippen LogP contribution in [-0.2, 0) is 14.3 Å². The van der Waals surface area contributed by atoms with E-state index in [9.17, 15) is 9.59 Å². The molecule has 1 atom stereocenters. The van der Waals surface area contributed by atoms with Gasteiger partial charge in [-0.25, -0.2) is 4.79 Å². The van der Waals surface area contributed by atoms with Gasteiger partial charge in [0.15, 0.2) is 0 Å². The molecule has 0 aromatic heterocycles. The van der Waals surface area contributed by atoms with E-state index in [0.29, 0.717) is 19.1 Å². The fraction of sp³-hybridized carbons (Fsp3) is 0.905. The molecular weight excluding hydrogens is 330 g/mol. The molecule has 0 fully saturated rings. The molecule has 5 heteroatoms. The van der Waals surface area contributed by atoms with Crippen LogP contribution >= 0.6 is 0 Å². The largest absolute Gasteiger partial charge is 0.466 e. The van der Waals surface area contributed by atoms with Crippen LogP contribution in [0.4, 0.5) is 4.79 Å². The van der Waals surface area contributed by atoms with E-state index in [2.05, 4.69) is 12.2 Å². The fourth-order valence-electron chi connectivity index (χ4n) is 2.70. The minimum atomic E-state index is -0.426. The summed E-state index contributed by atoms with van der Waals surface area (Å²) < 4.78 is 10.2. The van der Waals surface area contributed by atoms with Gasteiger partial charge < -0.3 is 14.8 Å². The normalized spacial score (nSPS) is 12.5. The standard InChI is InChI=1S/C21H41NO4/c1-18(17-25-19(2)23)15-13-11-9-7-6-8-10-12-14-16-22-20(24)26-21(3,4)5/h18H,6-17H2,1-5H3,(H,22,24). The van der Waals surface area contributed by atoms with E-state index in [1.54, 1.807) is 0 Å². The van der Waals surface area contributed by atoms with Gasteiger partial charge in [-0.1, -0.05) is 58.3 Å². The Morgan fingerprint density at radius 2 is 1.38 bits per heavy atom. The maximum atomic E-state index is 11.5. The second-order valence-electron chi connectivity index (χ2n) is 8.31. The average molecular weight is 372 g/mol. The SMILES string of the molecule is CC(=O)OCC(C)CCCCCCCCCCCNC(=O)OC(C)(C)C. The van der Waals surface area contributed by atoms with Gasteiger partial charge in [-0.05, 0) is 39.5 Å². The summed E-state index contributed by atoms with van der Waals surface area (Å²) in [6.45, 7) is 10.5. The van der Waals surface area contributed by atoms with E-state index in [1.165, 1.54) is 51.9 Å². The van der Waals surface area contributed by atoms with E-state index < -0.39 is 5.60 Å². The summed E-state index contributed by atoms with van der Waals surface area (Å²) in [4.78, 5) is 22.2. The molecule has 5 nitrogen and oxygen atoms in total. The van der Waals surface area contributed by atoms with Gasteiger partial charge in [0.25, 0.3) is 0 Å². The lowest BCUT2D eigenvalue weighted by Crippen LogP contribution is -2.32. The van der Waals surface area contributed by atoms with Crippen LogP contribution in [0.2, 0.25) is 0 Å². The molecule has 0 aliphatic heterocycles. The molecule has 26 heavy (non-hydrogen) atoms. The number of hydrogen-bond donors (Lipinski definition) is 1. The van der Waals surface area contributed by atoms with Crippen molar-refractivity contribution in [3.05, 3.63) is 0 Å². The van der Waals surface area contributed by atoms with Crippen LogP contribution in [0, 0.1) is 5.92 Å². The number of alkyl carbamates (subject to hydrolysis) is 1. The van der Waals surface area contributed by atoms with Gasteiger partial charge in [-0.15, -0.1) is 0 Å². The van der Waals surface area contributed by atoms with Gasteiger partial charge in [0.2, 0.25) is 0 Å². The highest BCUT2D eigenvalue weighted by molar-refractivity contribution is 5.67. The van der Waals surface area contributed by atoms with E-state index in [1.807, 2.05) is 20.8 Å². The van der Waals surface area contributed by atoms with Crippen molar-refractivity contribution in [1.29, 1.82) is 0 Å². The summed E-state index contributed by atoms with van der Waals surface area (Å²) in [5, 5.41) is 2.80. The van der Waals surface area contributed by atoms with Crippen molar-refractivity contribution in [2.24, 2.45) is 5.92 Å². The Morgan fingerprint density at radius 1 is 0.885 bits per heavy atom. The Morgan fingerprint density at radius 3 is 1.88 bits per heavy atom. The Hall–Kier alpha value is -1.26. The lowest BCUT2D eigenvalue weighted by molar-refractivity contribution is -0.142. The fourth-order valence-corrected chi connectivity index (χ4v) is 2.70. The first kappa shape index (κ1) is 24.7. The first-order valence-corrected chi connectivity index (χ1v) is 10.3. The minimum absolute atomic E-state index is 0.183. The van der Waals surface area contributed by atoms with Gasteiger partial charge in [0.05, 0.1) is 6.61 Å². The van der Waals surface area contributed by atoms with Crippen molar-refractivity contribution in [3.8, 4) is 0 Å². The van der Waals surface area contributed by atoms with Crippen molar-refractivity contribution >= 4 is 12.1 Å². The topological polar surface area (TPSA) is 64.6 Å². The van der Waals surface area contributed by atoms with E-state index in [4.69, 9.17) is 9.47 Å². The number of esters is 1. The number of carbonyl (C=O) groups is 2. The second-order valence-corrected chi connectivity index (χ2v) is 8.31. The van der Waals surface area contributed by atoms with E-state index in [0.717, 1.165) is 19.3 Å². The summed E-state index contributed by atoms with van der Waals surface area (Å²) in [6, 6.07) is 0. The first-order chi connectivity index (χ1) is 12.2. The van der Waals surface area contributed by atoms with E-state index >= 15 is 0 Å². The summed E-state index contributed by atoms with van der Waals surface area (Å²) in [5.74, 6) is 0.283. The number of unbranched alkanes of at least 4 members (excludes halogenated alkanes) is 8. The van der Waals surface area contributed by atoms with Crippen LogP contribution in [0.25, 0.3) is 0 Å². The molecule has 0 saturated heterocycles. The van der Waals surface area contributed by atoms with Crippen LogP contribution in [0.15, 0.2) is 0 Å². The molecule has 1 N–H and O–H groups in total. The van der Waals surface area contributed by atoms with Crippen LogP contribution in [0.1, 0.15) is 98.8 Å². The highest BCUT2D eigenvalue weighted by Crippen LogP contribution is 2.14. The van der Waals surface area contributed by atoms with Crippen LogP contribution < -0.4 is 5.32 Å². The van der Waals surface area contributed by atoms with Crippen molar-refractivity contribution in [3.63, 3.8) is 0 Å². The van der Waals surface area contributed by atoms with Gasteiger partial charge >= 0.3 is 12.1 Å². The van der Waals surface area contributed by atoms with Crippen molar-refractivity contribution in [2.75, 3.05) is 13.2 Å². The molecule has 0 spiro atoms. The summed E-state index contributed by atoms with van der Waals surface area (Å²) in [6.07, 6.45) is 11.9. The number of carbonyl (C=O) groups excluding carboxylic acids is 2. The monoisotopic (exact) mass is 371 g/mol. The zero-order valence-electron chi connectivity index (χ0n) is 17.7. The third-order valence-electron chi connectivity index (χ3n) is 4.11. The average Bonchev–Trinajstić information content (AvgIpc) is 2.52. The molecule has 0 rings (SSSR count). The van der Waals surface area contributed by atoms with Gasteiger partial charge in [0.1, 0.15) is 5.60 Å². The predicted molar refractivity (Wildman–Crippen MR) is 106 cm³/mol. The number of ether oxygens (including phenoxy) is 2. The molecule has 0 heterocycles. The van der Waals surface area contributed by atoms with Crippen LogP contribution in [-0.4, -0.2) is 30.8 Å². The molecular formula is C21H41NO4. The summed E-state index contributed by atoms with van der Waals surface area (Å²) >= 11 is 0. The van der Waals surface area contributed by atoms with Gasteiger partial charge in [-0.2, -0.15) is 0 Å². The molecule has 0 aliphatic rings. The summed E-state index contributed by atoms with van der Waals surface area (Å²) in [7, 11) is 0. The number of rotatable bonds is 14. The molecule has 154 valence electrons. The molecule has 0 saturated carbocycles. The van der Waals surface area contributed by atoms with Crippen molar-refractivity contribution in [2.45, 2.75) is 104 Å². The van der Waals surface area contributed by atoms with Crippen LogP contribution in [0.5, 0.6) is 0 Å². The van der Waals surface area contributed by atoms with Crippen molar-refractivity contribution in [1.82, 2.24) is 5.32 Å². The Bertz CT molecular complexity index is 377. The zero-order valence-corrected chi connectivity index (χ0v) is 17.7. The Kier molecular flexibility index (Phi) is 14.1. The smallest absolute Gasteiger partial charge is 0.407 e. The van der Waals surface area contributed by atoms with Gasteiger partial charge in [-0.3, -0.25) is 4.79 Å². The van der Waals surface area contributed by atoms with Crippen LogP contribution in [0.3, 0.4) is 0 Å². The minimum Gasteiger partial charge on any atom is -0.466 e. The maximum Gasteiger partial charge on any atom is 0.407 e. The Balaban J connectivity index is 3.27. The number of nitrogens with one attached hydrogen (secondary N) is 1. The highest BCUT2D eigenvalue weighted by Gasteiger charge is 2.15. The zero-order chi connectivity index (χ0) is 19.8. The molecule has 0 radical (unpaired) electrons. The molecule has 1 unspecified atom stereocenters. The highest BCUT2D eigenvalue weighted by atomic mass is 16.6. The summed E-state index contributed by atoms with van der Waals surface area (Å²) in [5.41, 5.74) is -0.426. The van der Waals surface area contributed by atoms with Gasteiger partial charge in [0, 0.05) is 13.5 Å². The quantitative estimate of drug-likeness (QED) is 0.318. The lowest BCUT2D eigenvalue weighted by atomic mass is 10.0. The van der Waals surface area contributed by atoms with E-state index in [-0.39, 0.29) is 12.1 Å². The second kappa shape index (κ2) is 14.9.